The predicted molar refractivity (Wildman–Crippen MR) is 224 cm³/mol. The Morgan fingerprint density at radius 2 is 0.810 bits per heavy atom. The first-order chi connectivity index (χ1) is 27.6. The largest absolute Gasteiger partial charge is 2.00 e. The molecule has 9 rings (SSSR count). The van der Waals surface area contributed by atoms with Gasteiger partial charge in [-0.3, -0.25) is 0 Å². The number of halogens is 8. The van der Waals surface area contributed by atoms with Crippen LogP contribution in [-0.4, -0.2) is 9.97 Å². The number of nitrogens with zero attached hydrogens (tertiary/aromatic N) is 4. The first kappa shape index (κ1) is 39.9. The molecule has 0 saturated heterocycles. The molecular weight excluding hydrogens is 1010 g/mol. The quantitative estimate of drug-likeness (QED) is 0.165. The normalized spacial score (nSPS) is 13.5. The minimum absolute atomic E-state index is 0. The van der Waals surface area contributed by atoms with Crippen molar-refractivity contribution in [2.75, 3.05) is 0 Å². The number of benzene rings is 3. The van der Waals surface area contributed by atoms with Crippen molar-refractivity contribution in [3.8, 4) is 33.4 Å². The monoisotopic (exact) mass is 1030 g/mol. The molecule has 58 heavy (non-hydrogen) atoms. The Morgan fingerprint density at radius 3 is 1.19 bits per heavy atom. The molecule has 0 radical (unpaired) electrons. The van der Waals surface area contributed by atoms with Crippen molar-refractivity contribution in [1.82, 2.24) is 19.9 Å². The van der Waals surface area contributed by atoms with Gasteiger partial charge in [0.1, 0.15) is 23.3 Å². The molecule has 5 heterocycles. The Bertz CT molecular complexity index is 2940. The van der Waals surface area contributed by atoms with Gasteiger partial charge in [0.05, 0.1) is 37.8 Å². The second-order valence-corrected chi connectivity index (χ2v) is 14.8. The van der Waals surface area contributed by atoms with E-state index in [-0.39, 0.29) is 115 Å². The van der Waals surface area contributed by atoms with E-state index in [1.165, 1.54) is 48.6 Å². The Balaban J connectivity index is 0.00000469. The fourth-order valence-electron chi connectivity index (χ4n) is 7.23. The summed E-state index contributed by atoms with van der Waals surface area (Å²) in [7, 11) is 0. The van der Waals surface area contributed by atoms with E-state index in [1.807, 2.05) is 0 Å². The fourth-order valence-corrected chi connectivity index (χ4v) is 8.24. The molecule has 6 aromatic rings. The standard InChI is InChI=1S/C45H22Cl4F4N4.Pt/c46-24-6-1-5-22(50)21-23(24)39-31-13-15-33(54-31)43(40-25(47)7-2-10-28(40)51)35-17-19-37(56-35)45(42-27(49)9-4-12-30(42)53)38-20-18-36(57-38)44(34-16-14-32(39)55-34)41-26(48)8-3-11-29(41)52;/h1-20H,21H2;/q-2;+2. The van der Waals surface area contributed by atoms with Crippen LogP contribution in [0, 0.1) is 17.5 Å². The van der Waals surface area contributed by atoms with E-state index >= 15 is 17.6 Å². The second kappa shape index (κ2) is 16.0. The van der Waals surface area contributed by atoms with Crippen LogP contribution in [0.5, 0.6) is 0 Å². The topological polar surface area (TPSA) is 54.0 Å². The molecule has 3 aliphatic rings. The molecule has 288 valence electrons. The van der Waals surface area contributed by atoms with Crippen LogP contribution in [0.15, 0.2) is 108 Å². The maximum Gasteiger partial charge on any atom is 2.00 e. The third-order valence-electron chi connectivity index (χ3n) is 9.70. The minimum atomic E-state index is -0.649. The Labute approximate surface area is 363 Å². The van der Waals surface area contributed by atoms with Crippen LogP contribution in [0.2, 0.25) is 15.1 Å². The number of rotatable bonds is 4. The summed E-state index contributed by atoms with van der Waals surface area (Å²) in [6.45, 7) is 0. The van der Waals surface area contributed by atoms with E-state index in [9.17, 15) is 0 Å². The van der Waals surface area contributed by atoms with Gasteiger partial charge in [-0.1, -0.05) is 94.9 Å². The summed E-state index contributed by atoms with van der Waals surface area (Å²) in [4.78, 5) is 19.9. The number of fused-ring (bicyclic) bond motifs is 8. The Kier molecular flexibility index (Phi) is 11.0. The number of hydrogen-bond donors (Lipinski definition) is 0. The average molecular weight is 1030 g/mol. The van der Waals surface area contributed by atoms with E-state index in [0.717, 1.165) is 0 Å². The summed E-state index contributed by atoms with van der Waals surface area (Å²) >= 11 is 27.0. The van der Waals surface area contributed by atoms with Gasteiger partial charge in [-0.05, 0) is 101 Å². The van der Waals surface area contributed by atoms with Crippen LogP contribution >= 0.6 is 46.4 Å². The van der Waals surface area contributed by atoms with Crippen LogP contribution in [0.4, 0.5) is 17.6 Å². The summed E-state index contributed by atoms with van der Waals surface area (Å²) in [5, 5.41) is 0.493. The van der Waals surface area contributed by atoms with E-state index in [1.54, 1.807) is 72.8 Å². The van der Waals surface area contributed by atoms with E-state index < -0.39 is 23.3 Å². The van der Waals surface area contributed by atoms with Gasteiger partial charge in [-0.25, -0.2) is 27.5 Å². The number of hydrogen-bond acceptors (Lipinski definition) is 2. The molecule has 4 nitrogen and oxygen atoms in total. The molecule has 0 N–H and O–H groups in total. The zero-order chi connectivity index (χ0) is 39.5. The second-order valence-electron chi connectivity index (χ2n) is 13.1. The predicted octanol–water partition coefficient (Wildman–Crippen LogP) is 14.1. The summed E-state index contributed by atoms with van der Waals surface area (Å²) in [6.07, 6.45) is 10.8. The van der Waals surface area contributed by atoms with Gasteiger partial charge < -0.3 is 9.97 Å². The molecule has 2 aliphatic heterocycles. The van der Waals surface area contributed by atoms with Gasteiger partial charge in [0.2, 0.25) is 0 Å². The summed E-state index contributed by atoms with van der Waals surface area (Å²) in [5.74, 6) is -2.39. The van der Waals surface area contributed by atoms with Crippen molar-refractivity contribution in [3.63, 3.8) is 0 Å². The maximum atomic E-state index is 16.0. The van der Waals surface area contributed by atoms with Gasteiger partial charge in [-0.2, -0.15) is 0 Å². The van der Waals surface area contributed by atoms with E-state index in [0.29, 0.717) is 22.3 Å². The van der Waals surface area contributed by atoms with E-state index in [4.69, 9.17) is 66.3 Å². The van der Waals surface area contributed by atoms with E-state index in [2.05, 4.69) is 0 Å². The molecule has 3 aromatic carbocycles. The Morgan fingerprint density at radius 1 is 0.448 bits per heavy atom. The molecule has 3 aromatic heterocycles. The van der Waals surface area contributed by atoms with Crippen molar-refractivity contribution >= 4 is 98.3 Å². The smallest absolute Gasteiger partial charge is 0.657 e. The molecule has 0 atom stereocenters. The molecule has 0 saturated carbocycles. The van der Waals surface area contributed by atoms with Gasteiger partial charge in [0.25, 0.3) is 0 Å². The maximum absolute atomic E-state index is 16.0. The van der Waals surface area contributed by atoms with Crippen LogP contribution in [0.25, 0.3) is 85.3 Å². The molecule has 0 amide bonds. The molecular formula is C45H22Cl4F4N4Pt. The number of aromatic nitrogens is 4. The van der Waals surface area contributed by atoms with Crippen molar-refractivity contribution < 1.29 is 38.6 Å². The van der Waals surface area contributed by atoms with Crippen molar-refractivity contribution in [1.29, 1.82) is 0 Å². The van der Waals surface area contributed by atoms with Crippen molar-refractivity contribution in [2.24, 2.45) is 0 Å². The van der Waals surface area contributed by atoms with Crippen LogP contribution < -0.4 is 9.97 Å². The SMILES string of the molecule is FC1=CC=CC(Cl)=C(c2c3nc(c(-c4c(F)cccc4Cl)c4ccc([n-]4)c(-c4c(F)cccc4Cl)c4nc(c(-c5c(F)cccc5Cl)c5ccc2[n-]5)C=C4)C=C3)C1.[Pt+2]. The van der Waals surface area contributed by atoms with Crippen LogP contribution in [0.3, 0.4) is 0 Å². The van der Waals surface area contributed by atoms with Gasteiger partial charge >= 0.3 is 21.1 Å². The molecule has 1 aliphatic carbocycles. The minimum Gasteiger partial charge on any atom is -0.657 e. The molecule has 0 spiro atoms. The zero-order valence-electron chi connectivity index (χ0n) is 29.4. The number of allylic oxidation sites excluding steroid dienone is 6. The molecule has 0 fully saturated rings. The fraction of sp³-hybridized carbons (Fsp3) is 0.0222. The van der Waals surface area contributed by atoms with Gasteiger partial charge in [0, 0.05) is 28.1 Å². The van der Waals surface area contributed by atoms with Gasteiger partial charge in [-0.15, -0.1) is 22.1 Å². The molecule has 0 unspecified atom stereocenters. The first-order valence-electron chi connectivity index (χ1n) is 17.4. The molecule has 13 heteroatoms. The zero-order valence-corrected chi connectivity index (χ0v) is 34.7. The first-order valence-corrected chi connectivity index (χ1v) is 18.9. The average Bonchev–Trinajstić information content (AvgIpc) is 4.01. The van der Waals surface area contributed by atoms with Crippen molar-refractivity contribution in [3.05, 3.63) is 169 Å². The molecule has 8 bridgehead atoms. The Hall–Kier alpha value is -4.95. The van der Waals surface area contributed by atoms with Crippen molar-refractivity contribution in [2.45, 2.75) is 6.42 Å². The van der Waals surface area contributed by atoms with Crippen LogP contribution in [-0.2, 0) is 21.1 Å². The summed E-state index contributed by atoms with van der Waals surface area (Å²) < 4.78 is 63.1. The third kappa shape index (κ3) is 7.01. The van der Waals surface area contributed by atoms with Crippen LogP contribution in [0.1, 0.15) is 34.8 Å². The third-order valence-corrected chi connectivity index (χ3v) is 11.0. The van der Waals surface area contributed by atoms with Gasteiger partial charge in [0.15, 0.2) is 0 Å². The summed E-state index contributed by atoms with van der Waals surface area (Å²) in [6, 6.07) is 19.5. The summed E-state index contributed by atoms with van der Waals surface area (Å²) in [5.41, 5.74) is 3.59.